The quantitative estimate of drug-likeness (QED) is 0.590. The molecule has 160 valence electrons. The molecular formula is C24H24FN3OS2. The number of para-hydroxylation sites is 1. The maximum absolute atomic E-state index is 14.9. The van der Waals surface area contributed by atoms with Gasteiger partial charge in [0, 0.05) is 22.6 Å². The molecule has 2 N–H and O–H groups in total. The average molecular weight is 454 g/mol. The van der Waals surface area contributed by atoms with Crippen LogP contribution in [-0.2, 0) is 4.79 Å². The van der Waals surface area contributed by atoms with Gasteiger partial charge in [-0.2, -0.15) is 5.26 Å². The Balaban J connectivity index is 2.04. The van der Waals surface area contributed by atoms with Gasteiger partial charge in [-0.3, -0.25) is 9.69 Å². The Morgan fingerprint density at radius 1 is 1.32 bits per heavy atom. The summed E-state index contributed by atoms with van der Waals surface area (Å²) in [5.74, 6) is -0.787. The van der Waals surface area contributed by atoms with Gasteiger partial charge in [0.05, 0.1) is 27.5 Å². The van der Waals surface area contributed by atoms with Crippen LogP contribution < -0.4 is 10.6 Å². The van der Waals surface area contributed by atoms with Crippen molar-refractivity contribution in [2.24, 2.45) is 11.1 Å². The number of hydrogen-bond acceptors (Lipinski definition) is 6. The molecule has 0 unspecified atom stereocenters. The predicted octanol–water partition coefficient (Wildman–Crippen LogP) is 5.86. The first-order chi connectivity index (χ1) is 14.7. The molecule has 2 heterocycles. The number of ketones is 1. The van der Waals surface area contributed by atoms with Crippen molar-refractivity contribution in [2.75, 3.05) is 11.2 Å². The third-order valence-corrected chi connectivity index (χ3v) is 8.04. The molecule has 4 nitrogen and oxygen atoms in total. The number of Topliss-reactive ketones (excluding diaryl/α,β-unsaturated/α-hetero) is 1. The Kier molecular flexibility index (Phi) is 5.48. The molecule has 1 atom stereocenters. The zero-order valence-electron chi connectivity index (χ0n) is 18.0. The summed E-state index contributed by atoms with van der Waals surface area (Å²) < 4.78 is 15.9. The van der Waals surface area contributed by atoms with Gasteiger partial charge >= 0.3 is 0 Å². The monoisotopic (exact) mass is 453 g/mol. The number of thioether (sulfide) groups is 1. The van der Waals surface area contributed by atoms with E-state index >= 15 is 0 Å². The number of nitriles is 1. The Bertz CT molecular complexity index is 1190. The first-order valence-electron chi connectivity index (χ1n) is 10.0. The van der Waals surface area contributed by atoms with Crippen LogP contribution in [0, 0.1) is 29.5 Å². The second kappa shape index (κ2) is 7.85. The summed E-state index contributed by atoms with van der Waals surface area (Å²) in [4.78, 5) is 16.2. The van der Waals surface area contributed by atoms with Gasteiger partial charge in [0.1, 0.15) is 11.6 Å². The summed E-state index contributed by atoms with van der Waals surface area (Å²) in [5, 5.41) is 10.1. The first-order valence-corrected chi connectivity index (χ1v) is 12.1. The molecule has 1 aromatic heterocycles. The van der Waals surface area contributed by atoms with Crippen LogP contribution in [0.2, 0.25) is 0 Å². The minimum atomic E-state index is -0.529. The van der Waals surface area contributed by atoms with Gasteiger partial charge in [0.2, 0.25) is 0 Å². The third-order valence-electron chi connectivity index (χ3n) is 5.82. The van der Waals surface area contributed by atoms with Gasteiger partial charge in [-0.05, 0) is 48.8 Å². The van der Waals surface area contributed by atoms with E-state index in [9.17, 15) is 14.4 Å². The molecule has 31 heavy (non-hydrogen) atoms. The van der Waals surface area contributed by atoms with E-state index in [0.29, 0.717) is 29.7 Å². The van der Waals surface area contributed by atoms with Gasteiger partial charge in [-0.25, -0.2) is 4.39 Å². The van der Waals surface area contributed by atoms with Crippen molar-refractivity contribution in [3.05, 3.63) is 69.3 Å². The number of halogens is 1. The van der Waals surface area contributed by atoms with Crippen molar-refractivity contribution in [1.82, 2.24) is 0 Å². The minimum Gasteiger partial charge on any atom is -0.384 e. The third kappa shape index (κ3) is 3.58. The van der Waals surface area contributed by atoms with Crippen LogP contribution in [0.4, 0.5) is 10.1 Å². The van der Waals surface area contributed by atoms with Crippen molar-refractivity contribution < 1.29 is 9.18 Å². The lowest BCUT2D eigenvalue weighted by Gasteiger charge is -2.43. The Labute approximate surface area is 190 Å². The molecule has 0 saturated heterocycles. The fourth-order valence-corrected chi connectivity index (χ4v) is 6.51. The van der Waals surface area contributed by atoms with Crippen LogP contribution in [0.1, 0.15) is 43.0 Å². The molecule has 7 heteroatoms. The van der Waals surface area contributed by atoms with Crippen molar-refractivity contribution in [2.45, 2.75) is 43.7 Å². The number of thiophene rings is 1. The largest absolute Gasteiger partial charge is 0.384 e. The van der Waals surface area contributed by atoms with E-state index in [-0.39, 0.29) is 22.7 Å². The van der Waals surface area contributed by atoms with Gasteiger partial charge in [0.15, 0.2) is 5.78 Å². The minimum absolute atomic E-state index is 0.00579. The van der Waals surface area contributed by atoms with Crippen LogP contribution in [0.15, 0.2) is 57.2 Å². The predicted molar refractivity (Wildman–Crippen MR) is 124 cm³/mol. The summed E-state index contributed by atoms with van der Waals surface area (Å²) in [7, 11) is 0. The van der Waals surface area contributed by atoms with Gasteiger partial charge in [-0.1, -0.05) is 26.0 Å². The van der Waals surface area contributed by atoms with Crippen LogP contribution in [0.3, 0.4) is 0 Å². The number of nitrogens with two attached hydrogens (primary N) is 1. The lowest BCUT2D eigenvalue weighted by molar-refractivity contribution is -0.118. The molecule has 4 rings (SSSR count). The number of rotatable bonds is 3. The number of allylic oxidation sites excluding steroid dienone is 3. The summed E-state index contributed by atoms with van der Waals surface area (Å²) in [6.45, 7) is 6.08. The maximum Gasteiger partial charge on any atom is 0.162 e. The summed E-state index contributed by atoms with van der Waals surface area (Å²) in [6.07, 6.45) is 2.93. The molecule has 0 fully saturated rings. The molecule has 2 aliphatic rings. The smallest absolute Gasteiger partial charge is 0.162 e. The van der Waals surface area contributed by atoms with Gasteiger partial charge < -0.3 is 5.73 Å². The van der Waals surface area contributed by atoms with E-state index in [0.717, 1.165) is 14.6 Å². The van der Waals surface area contributed by atoms with Gasteiger partial charge in [-0.15, -0.1) is 23.1 Å². The number of aryl methyl sites for hydroxylation is 1. The summed E-state index contributed by atoms with van der Waals surface area (Å²) >= 11 is 3.25. The van der Waals surface area contributed by atoms with Crippen LogP contribution in [-0.4, -0.2) is 12.0 Å². The molecule has 2 aromatic rings. The second-order valence-electron chi connectivity index (χ2n) is 8.74. The van der Waals surface area contributed by atoms with Crippen molar-refractivity contribution in [1.29, 1.82) is 5.26 Å². The van der Waals surface area contributed by atoms with Crippen molar-refractivity contribution >= 4 is 34.6 Å². The summed E-state index contributed by atoms with van der Waals surface area (Å²) in [6, 6.07) is 10.6. The normalized spacial score (nSPS) is 20.7. The van der Waals surface area contributed by atoms with E-state index in [1.165, 1.54) is 6.07 Å². The highest BCUT2D eigenvalue weighted by Gasteiger charge is 2.45. The number of benzene rings is 1. The number of carbonyl (C=O) groups is 1. The lowest BCUT2D eigenvalue weighted by Crippen LogP contribution is -2.42. The molecule has 1 aliphatic carbocycles. The van der Waals surface area contributed by atoms with Crippen LogP contribution in [0.25, 0.3) is 0 Å². The molecule has 0 amide bonds. The highest BCUT2D eigenvalue weighted by molar-refractivity contribution is 8.00. The second-order valence-corrected chi connectivity index (χ2v) is 11.1. The molecule has 1 aliphatic heterocycles. The van der Waals surface area contributed by atoms with E-state index in [1.807, 2.05) is 33.1 Å². The zero-order valence-corrected chi connectivity index (χ0v) is 19.6. The summed E-state index contributed by atoms with van der Waals surface area (Å²) in [5.41, 5.74) is 9.04. The van der Waals surface area contributed by atoms with Crippen LogP contribution >= 0.6 is 23.1 Å². The number of anilines is 1. The van der Waals surface area contributed by atoms with E-state index < -0.39 is 11.7 Å². The van der Waals surface area contributed by atoms with E-state index in [1.54, 1.807) is 46.2 Å². The van der Waals surface area contributed by atoms with Gasteiger partial charge in [0.25, 0.3) is 0 Å². The maximum atomic E-state index is 14.9. The van der Waals surface area contributed by atoms with Crippen molar-refractivity contribution in [3.8, 4) is 6.07 Å². The van der Waals surface area contributed by atoms with E-state index in [4.69, 9.17) is 5.73 Å². The topological polar surface area (TPSA) is 70.1 Å². The number of hydrogen-bond donors (Lipinski definition) is 1. The highest BCUT2D eigenvalue weighted by atomic mass is 32.2. The molecule has 0 bridgehead atoms. The highest BCUT2D eigenvalue weighted by Crippen LogP contribution is 2.52. The Hall–Kier alpha value is -2.56. The molecular weight excluding hydrogens is 429 g/mol. The average Bonchev–Trinajstić information content (AvgIpc) is 3.07. The van der Waals surface area contributed by atoms with E-state index in [2.05, 4.69) is 6.07 Å². The Morgan fingerprint density at radius 2 is 2.03 bits per heavy atom. The lowest BCUT2D eigenvalue weighted by atomic mass is 9.69. The fraction of sp³-hybridized carbons (Fsp3) is 0.333. The molecule has 1 aromatic carbocycles. The number of nitrogens with zero attached hydrogens (tertiary/aromatic N) is 2. The standard InChI is InChI=1S/C24H24FN3OS2/c1-13-9-14(23(30-4)31-13)20-15(12-26)22(27)28(17-8-6-5-7-16(17)25)18-10-24(2,3)11-19(29)21(18)20/h5-9,20H,10-11,27H2,1-4H3/t20-/m0/s1. The Morgan fingerprint density at radius 3 is 2.68 bits per heavy atom. The molecule has 0 saturated carbocycles. The SMILES string of the molecule is CSc1sc(C)cc1[C@H]1C(C#N)=C(N)N(c2ccccc2F)C2=C1C(=O)CC(C)(C)C2. The van der Waals surface area contributed by atoms with Crippen molar-refractivity contribution in [3.63, 3.8) is 0 Å². The first kappa shape index (κ1) is 21.7. The van der Waals surface area contributed by atoms with Crippen LogP contribution in [0.5, 0.6) is 0 Å². The fourth-order valence-electron chi connectivity index (χ4n) is 4.60. The zero-order chi connectivity index (χ0) is 22.5. The number of carbonyl (C=O) groups excluding carboxylic acids is 1. The molecule has 0 radical (unpaired) electrons. The molecule has 0 spiro atoms.